The van der Waals surface area contributed by atoms with Crippen molar-refractivity contribution in [2.75, 3.05) is 11.9 Å². The zero-order chi connectivity index (χ0) is 20.8. The highest BCUT2D eigenvalue weighted by Gasteiger charge is 2.17. The fourth-order valence-corrected chi connectivity index (χ4v) is 3.06. The first-order valence-corrected chi connectivity index (χ1v) is 9.47. The predicted molar refractivity (Wildman–Crippen MR) is 110 cm³/mol. The van der Waals surface area contributed by atoms with Gasteiger partial charge in [0.15, 0.2) is 11.5 Å². The van der Waals surface area contributed by atoms with Crippen LogP contribution in [-0.4, -0.2) is 28.7 Å². The van der Waals surface area contributed by atoms with Gasteiger partial charge in [-0.1, -0.05) is 6.07 Å². The van der Waals surface area contributed by atoms with Gasteiger partial charge < -0.3 is 20.3 Å². The van der Waals surface area contributed by atoms with Crippen LogP contribution in [0.4, 0.5) is 5.69 Å². The van der Waals surface area contributed by atoms with Crippen molar-refractivity contribution in [2.45, 2.75) is 6.92 Å². The van der Waals surface area contributed by atoms with Crippen molar-refractivity contribution in [1.82, 2.24) is 0 Å². The van der Waals surface area contributed by atoms with Gasteiger partial charge in [0.1, 0.15) is 11.6 Å². The number of carbonyl (C=O) groups is 2. The van der Waals surface area contributed by atoms with Crippen molar-refractivity contribution in [2.24, 2.45) is 0 Å². The molecule has 2 aromatic carbocycles. The van der Waals surface area contributed by atoms with E-state index in [0.717, 1.165) is 0 Å². The number of carboxylic acid groups (broad SMARTS) is 1. The molecular formula is C19H14Br2N2O5. The Morgan fingerprint density at radius 3 is 2.61 bits per heavy atom. The van der Waals surface area contributed by atoms with E-state index in [1.165, 1.54) is 36.4 Å². The van der Waals surface area contributed by atoms with Crippen molar-refractivity contribution in [3.05, 3.63) is 56.0 Å². The van der Waals surface area contributed by atoms with Gasteiger partial charge in [0.25, 0.3) is 5.91 Å². The molecule has 0 saturated carbocycles. The van der Waals surface area contributed by atoms with E-state index in [9.17, 15) is 20.0 Å². The average molecular weight is 510 g/mol. The first-order valence-electron chi connectivity index (χ1n) is 7.88. The summed E-state index contributed by atoms with van der Waals surface area (Å²) in [7, 11) is 0. The van der Waals surface area contributed by atoms with Crippen molar-refractivity contribution >= 4 is 55.5 Å². The van der Waals surface area contributed by atoms with Crippen molar-refractivity contribution < 1.29 is 24.5 Å². The largest absolute Gasteiger partial charge is 0.503 e. The molecule has 9 heteroatoms. The molecule has 3 N–H and O–H groups in total. The number of carbonyl (C=O) groups excluding carboxylic acids is 1. The van der Waals surface area contributed by atoms with E-state index in [1.54, 1.807) is 6.92 Å². The number of carboxylic acids is 1. The first kappa shape index (κ1) is 21.5. The van der Waals surface area contributed by atoms with E-state index in [2.05, 4.69) is 37.2 Å². The second kappa shape index (κ2) is 9.39. The molecule has 0 aliphatic carbocycles. The lowest BCUT2D eigenvalue weighted by atomic mass is 10.1. The number of hydrogen-bond acceptors (Lipinski definition) is 5. The number of aromatic hydroxyl groups is 1. The van der Waals surface area contributed by atoms with Gasteiger partial charge in [0, 0.05) is 10.2 Å². The molecule has 2 rings (SSSR count). The highest BCUT2D eigenvalue weighted by Crippen LogP contribution is 2.42. The Morgan fingerprint density at radius 1 is 1.29 bits per heavy atom. The number of halogens is 2. The van der Waals surface area contributed by atoms with Gasteiger partial charge in [-0.3, -0.25) is 4.79 Å². The molecule has 7 nitrogen and oxygen atoms in total. The molecular weight excluding hydrogens is 496 g/mol. The minimum atomic E-state index is -1.13. The van der Waals surface area contributed by atoms with E-state index in [0.29, 0.717) is 21.1 Å². The number of ether oxygens (including phenoxy) is 1. The maximum absolute atomic E-state index is 12.4. The van der Waals surface area contributed by atoms with Gasteiger partial charge in [0.05, 0.1) is 16.6 Å². The highest BCUT2D eigenvalue weighted by molar-refractivity contribution is 9.13. The van der Waals surface area contributed by atoms with Crippen molar-refractivity contribution in [1.29, 1.82) is 5.26 Å². The lowest BCUT2D eigenvalue weighted by Gasteiger charge is -2.11. The van der Waals surface area contributed by atoms with E-state index < -0.39 is 11.9 Å². The zero-order valence-electron chi connectivity index (χ0n) is 14.5. The third-order valence-electron chi connectivity index (χ3n) is 3.51. The average Bonchev–Trinajstić information content (AvgIpc) is 2.67. The Kier molecular flexibility index (Phi) is 7.20. The molecule has 0 spiro atoms. The Balaban J connectivity index is 2.38. The second-order valence-corrected chi connectivity index (χ2v) is 6.97. The van der Waals surface area contributed by atoms with Crippen LogP contribution in [0.1, 0.15) is 22.8 Å². The summed E-state index contributed by atoms with van der Waals surface area (Å²) in [5.41, 5.74) is 0.458. The van der Waals surface area contributed by atoms with Crippen LogP contribution in [0.2, 0.25) is 0 Å². The molecule has 0 bridgehead atoms. The maximum Gasteiger partial charge on any atom is 0.335 e. The Morgan fingerprint density at radius 2 is 2.00 bits per heavy atom. The van der Waals surface area contributed by atoms with Gasteiger partial charge in [0.2, 0.25) is 0 Å². The zero-order valence-corrected chi connectivity index (χ0v) is 17.7. The number of nitrogens with one attached hydrogen (secondary N) is 1. The molecule has 0 fully saturated rings. The van der Waals surface area contributed by atoms with Gasteiger partial charge in [-0.25, -0.2) is 4.79 Å². The van der Waals surface area contributed by atoms with E-state index in [4.69, 9.17) is 9.84 Å². The van der Waals surface area contributed by atoms with Gasteiger partial charge in [-0.2, -0.15) is 5.26 Å². The van der Waals surface area contributed by atoms with Crippen LogP contribution >= 0.6 is 31.9 Å². The summed E-state index contributed by atoms with van der Waals surface area (Å²) in [6.07, 6.45) is 1.33. The molecule has 0 aliphatic heterocycles. The number of aromatic carboxylic acids is 1. The summed E-state index contributed by atoms with van der Waals surface area (Å²) >= 11 is 6.53. The highest BCUT2D eigenvalue weighted by atomic mass is 79.9. The first-order chi connectivity index (χ1) is 13.3. The molecule has 0 aliphatic rings. The molecule has 1 amide bonds. The van der Waals surface area contributed by atoms with Gasteiger partial charge in [-0.05, 0) is 74.7 Å². The number of benzene rings is 2. The molecule has 144 valence electrons. The fourth-order valence-electron chi connectivity index (χ4n) is 2.21. The number of amides is 1. The minimum absolute atomic E-state index is 0.00635. The van der Waals surface area contributed by atoms with Crippen molar-refractivity contribution in [3.63, 3.8) is 0 Å². The van der Waals surface area contributed by atoms with Crippen LogP contribution < -0.4 is 10.1 Å². The SMILES string of the molecule is CCOc1cc(/C=C(/C#N)C(=O)Nc2cccc(C(=O)O)c2)c(Br)c(Br)c1O. The Labute approximate surface area is 177 Å². The summed E-state index contributed by atoms with van der Waals surface area (Å²) in [6.45, 7) is 2.07. The van der Waals surface area contributed by atoms with Crippen LogP contribution in [0.3, 0.4) is 0 Å². The lowest BCUT2D eigenvalue weighted by molar-refractivity contribution is -0.112. The molecule has 0 unspecified atom stereocenters. The number of phenolic OH excluding ortho intramolecular Hbond substituents is 1. The van der Waals surface area contributed by atoms with Crippen LogP contribution in [-0.2, 0) is 4.79 Å². The molecule has 0 radical (unpaired) electrons. The lowest BCUT2D eigenvalue weighted by Crippen LogP contribution is -2.14. The van der Waals surface area contributed by atoms with Crippen LogP contribution in [0.5, 0.6) is 11.5 Å². The molecule has 0 heterocycles. The molecule has 2 aromatic rings. The third-order valence-corrected chi connectivity index (χ3v) is 5.66. The Hall–Kier alpha value is -2.83. The van der Waals surface area contributed by atoms with E-state index in [-0.39, 0.29) is 28.3 Å². The van der Waals surface area contributed by atoms with E-state index in [1.807, 2.05) is 6.07 Å². The summed E-state index contributed by atoms with van der Waals surface area (Å²) in [4.78, 5) is 23.5. The predicted octanol–water partition coefficient (Wildman–Crippen LogP) is 4.56. The monoisotopic (exact) mass is 508 g/mol. The van der Waals surface area contributed by atoms with Crippen LogP contribution in [0.15, 0.2) is 44.9 Å². The fraction of sp³-hybridized carbons (Fsp3) is 0.105. The topological polar surface area (TPSA) is 120 Å². The van der Waals surface area contributed by atoms with Gasteiger partial charge >= 0.3 is 5.97 Å². The van der Waals surface area contributed by atoms with Crippen molar-refractivity contribution in [3.8, 4) is 17.6 Å². The number of anilines is 1. The summed E-state index contributed by atoms with van der Waals surface area (Å²) in [5.74, 6) is -1.76. The third kappa shape index (κ3) is 4.91. The number of hydrogen-bond donors (Lipinski definition) is 3. The summed E-state index contributed by atoms with van der Waals surface area (Å²) in [5, 5.41) is 31.0. The van der Waals surface area contributed by atoms with Crippen LogP contribution in [0.25, 0.3) is 6.08 Å². The second-order valence-electron chi connectivity index (χ2n) is 5.38. The molecule has 28 heavy (non-hydrogen) atoms. The number of nitriles is 1. The van der Waals surface area contributed by atoms with Gasteiger partial charge in [-0.15, -0.1) is 0 Å². The quantitative estimate of drug-likeness (QED) is 0.388. The number of nitrogens with zero attached hydrogens (tertiary/aromatic N) is 1. The normalized spacial score (nSPS) is 10.9. The standard InChI is InChI=1S/C19H14Br2N2O5/c1-2-28-14-8-11(15(20)16(21)17(14)24)6-12(9-22)18(25)23-13-5-3-4-10(7-13)19(26)27/h3-8,24H,2H2,1H3,(H,23,25)(H,26,27)/b12-6-. The molecule has 0 atom stereocenters. The summed E-state index contributed by atoms with van der Waals surface area (Å²) in [6, 6.07) is 8.98. The van der Waals surface area contributed by atoms with E-state index >= 15 is 0 Å². The Bertz CT molecular complexity index is 1010. The number of rotatable bonds is 6. The molecule has 0 aromatic heterocycles. The van der Waals surface area contributed by atoms with Crippen LogP contribution in [0, 0.1) is 11.3 Å². The molecule has 0 saturated heterocycles. The summed E-state index contributed by atoms with van der Waals surface area (Å²) < 4.78 is 6.10. The maximum atomic E-state index is 12.4. The number of phenols is 1. The minimum Gasteiger partial charge on any atom is -0.503 e. The smallest absolute Gasteiger partial charge is 0.335 e.